The number of hydrogen-bond donors (Lipinski definition) is 3. The summed E-state index contributed by atoms with van der Waals surface area (Å²) >= 11 is 0. The van der Waals surface area contributed by atoms with Crippen LogP contribution in [0.5, 0.6) is 0 Å². The van der Waals surface area contributed by atoms with Crippen LogP contribution in [0.3, 0.4) is 0 Å². The molecule has 2 heterocycles. The SMILES string of the molecule is CCNC(=NCc1ccc(CN2CCCC2)cc1)NCC(O)CN1CCc2ccccc2C1. The Labute approximate surface area is 198 Å². The summed E-state index contributed by atoms with van der Waals surface area (Å²) in [5.41, 5.74) is 5.39. The third-order valence-electron chi connectivity index (χ3n) is 6.58. The highest BCUT2D eigenvalue weighted by Crippen LogP contribution is 2.18. The van der Waals surface area contributed by atoms with E-state index < -0.39 is 6.10 Å². The molecule has 2 aliphatic heterocycles. The summed E-state index contributed by atoms with van der Waals surface area (Å²) in [6.07, 6.45) is 3.27. The zero-order chi connectivity index (χ0) is 22.9. The first-order valence-corrected chi connectivity index (χ1v) is 12.5. The first kappa shape index (κ1) is 23.7. The quantitative estimate of drug-likeness (QED) is 0.406. The van der Waals surface area contributed by atoms with Crippen LogP contribution in [0.4, 0.5) is 0 Å². The van der Waals surface area contributed by atoms with Gasteiger partial charge in [0, 0.05) is 39.3 Å². The Morgan fingerprint density at radius 1 is 0.939 bits per heavy atom. The van der Waals surface area contributed by atoms with E-state index in [0.29, 0.717) is 19.6 Å². The molecule has 33 heavy (non-hydrogen) atoms. The zero-order valence-corrected chi connectivity index (χ0v) is 20.0. The van der Waals surface area contributed by atoms with Crippen LogP contribution in [0.1, 0.15) is 42.0 Å². The standard InChI is InChI=1S/C27H39N5O/c1-2-28-27(29-17-22-9-11-23(12-10-22)19-31-14-5-6-15-31)30-18-26(33)21-32-16-13-24-7-3-4-8-25(24)20-32/h3-4,7-12,26,33H,2,5-6,13-21H2,1H3,(H2,28,29,30). The molecule has 0 bridgehead atoms. The van der Waals surface area contributed by atoms with Gasteiger partial charge in [0.1, 0.15) is 0 Å². The second-order valence-electron chi connectivity index (χ2n) is 9.28. The molecule has 0 spiro atoms. The largest absolute Gasteiger partial charge is 0.390 e. The highest BCUT2D eigenvalue weighted by atomic mass is 16.3. The number of nitrogens with one attached hydrogen (secondary N) is 2. The molecule has 4 rings (SSSR count). The van der Waals surface area contributed by atoms with Crippen molar-refractivity contribution in [3.05, 3.63) is 70.8 Å². The molecule has 0 aliphatic carbocycles. The monoisotopic (exact) mass is 449 g/mol. The van der Waals surface area contributed by atoms with Gasteiger partial charge in [-0.15, -0.1) is 0 Å². The lowest BCUT2D eigenvalue weighted by Gasteiger charge is -2.30. The Morgan fingerprint density at radius 3 is 2.42 bits per heavy atom. The van der Waals surface area contributed by atoms with Crippen LogP contribution < -0.4 is 10.6 Å². The Morgan fingerprint density at radius 2 is 1.67 bits per heavy atom. The molecule has 3 N–H and O–H groups in total. The number of fused-ring (bicyclic) bond motifs is 1. The van der Waals surface area contributed by atoms with Gasteiger partial charge in [-0.25, -0.2) is 4.99 Å². The summed E-state index contributed by atoms with van der Waals surface area (Å²) in [4.78, 5) is 9.58. The number of aliphatic hydroxyl groups is 1. The molecule has 1 unspecified atom stereocenters. The van der Waals surface area contributed by atoms with Gasteiger partial charge in [-0.1, -0.05) is 48.5 Å². The molecule has 0 radical (unpaired) electrons. The van der Waals surface area contributed by atoms with Crippen molar-refractivity contribution in [2.75, 3.05) is 39.3 Å². The zero-order valence-electron chi connectivity index (χ0n) is 20.0. The molecular formula is C27H39N5O. The van der Waals surface area contributed by atoms with Crippen LogP contribution in [-0.4, -0.2) is 66.2 Å². The van der Waals surface area contributed by atoms with E-state index in [2.05, 4.69) is 75.9 Å². The van der Waals surface area contributed by atoms with Crippen molar-refractivity contribution in [3.63, 3.8) is 0 Å². The summed E-state index contributed by atoms with van der Waals surface area (Å²) < 4.78 is 0. The van der Waals surface area contributed by atoms with Crippen molar-refractivity contribution in [2.45, 2.75) is 51.9 Å². The Kier molecular flexibility index (Phi) is 8.75. The number of hydrogen-bond acceptors (Lipinski definition) is 4. The van der Waals surface area contributed by atoms with E-state index in [-0.39, 0.29) is 0 Å². The van der Waals surface area contributed by atoms with Crippen molar-refractivity contribution in [1.82, 2.24) is 20.4 Å². The predicted octanol–water partition coefficient (Wildman–Crippen LogP) is 2.76. The molecule has 0 aromatic heterocycles. The molecule has 2 aromatic carbocycles. The maximum atomic E-state index is 10.6. The third-order valence-corrected chi connectivity index (χ3v) is 6.58. The summed E-state index contributed by atoms with van der Waals surface area (Å²) in [6.45, 7) is 10.0. The lowest BCUT2D eigenvalue weighted by Crippen LogP contribution is -2.45. The van der Waals surface area contributed by atoms with Gasteiger partial charge in [0.2, 0.25) is 0 Å². The maximum absolute atomic E-state index is 10.6. The van der Waals surface area contributed by atoms with Crippen molar-refractivity contribution >= 4 is 5.96 Å². The number of nitrogens with zero attached hydrogens (tertiary/aromatic N) is 3. The fraction of sp³-hybridized carbons (Fsp3) is 0.519. The second-order valence-corrected chi connectivity index (χ2v) is 9.28. The molecule has 0 amide bonds. The second kappa shape index (κ2) is 12.2. The van der Waals surface area contributed by atoms with E-state index in [1.54, 1.807) is 0 Å². The number of benzene rings is 2. The van der Waals surface area contributed by atoms with Crippen molar-refractivity contribution in [1.29, 1.82) is 0 Å². The molecule has 1 atom stereocenters. The number of aliphatic imine (C=N–C) groups is 1. The van der Waals surface area contributed by atoms with Gasteiger partial charge in [0.05, 0.1) is 12.6 Å². The van der Waals surface area contributed by atoms with Gasteiger partial charge in [-0.3, -0.25) is 9.80 Å². The Hall–Kier alpha value is -2.41. The van der Waals surface area contributed by atoms with Crippen molar-refractivity contribution in [2.24, 2.45) is 4.99 Å². The highest BCUT2D eigenvalue weighted by molar-refractivity contribution is 5.79. The number of β-amino-alcohol motifs (C(OH)–C–C–N with tert-alkyl or cyclic N) is 1. The van der Waals surface area contributed by atoms with E-state index >= 15 is 0 Å². The Balaban J connectivity index is 1.23. The summed E-state index contributed by atoms with van der Waals surface area (Å²) in [5, 5.41) is 17.2. The van der Waals surface area contributed by atoms with E-state index in [9.17, 15) is 5.11 Å². The number of rotatable bonds is 9. The van der Waals surface area contributed by atoms with Gasteiger partial charge in [0.25, 0.3) is 0 Å². The summed E-state index contributed by atoms with van der Waals surface area (Å²) in [6, 6.07) is 17.4. The van der Waals surface area contributed by atoms with Crippen LogP contribution in [0, 0.1) is 0 Å². The maximum Gasteiger partial charge on any atom is 0.191 e. The van der Waals surface area contributed by atoms with Gasteiger partial charge >= 0.3 is 0 Å². The van der Waals surface area contributed by atoms with E-state index in [1.165, 1.54) is 48.2 Å². The van der Waals surface area contributed by atoms with Crippen LogP contribution in [0.2, 0.25) is 0 Å². The van der Waals surface area contributed by atoms with Gasteiger partial charge < -0.3 is 15.7 Å². The molecule has 6 heteroatoms. The number of likely N-dealkylation sites (tertiary alicyclic amines) is 1. The minimum Gasteiger partial charge on any atom is -0.390 e. The van der Waals surface area contributed by atoms with Crippen LogP contribution >= 0.6 is 0 Å². The van der Waals surface area contributed by atoms with Gasteiger partial charge in [-0.05, 0) is 61.5 Å². The van der Waals surface area contributed by atoms with Gasteiger partial charge in [-0.2, -0.15) is 0 Å². The minimum atomic E-state index is -0.441. The van der Waals surface area contributed by atoms with Crippen LogP contribution in [0.25, 0.3) is 0 Å². The molecule has 2 aromatic rings. The van der Waals surface area contributed by atoms with Crippen molar-refractivity contribution < 1.29 is 5.11 Å². The molecule has 6 nitrogen and oxygen atoms in total. The lowest BCUT2D eigenvalue weighted by atomic mass is 10.00. The average Bonchev–Trinajstić information content (AvgIpc) is 3.35. The van der Waals surface area contributed by atoms with Crippen molar-refractivity contribution in [3.8, 4) is 0 Å². The van der Waals surface area contributed by atoms with E-state index in [4.69, 9.17) is 4.99 Å². The fourth-order valence-electron chi connectivity index (χ4n) is 4.75. The Bertz CT molecular complexity index is 892. The average molecular weight is 450 g/mol. The summed E-state index contributed by atoms with van der Waals surface area (Å²) in [5.74, 6) is 0.752. The molecular weight excluding hydrogens is 410 g/mol. The molecule has 0 saturated carbocycles. The normalized spacial score (nSPS) is 18.2. The molecule has 1 saturated heterocycles. The third kappa shape index (κ3) is 7.29. The highest BCUT2D eigenvalue weighted by Gasteiger charge is 2.18. The lowest BCUT2D eigenvalue weighted by molar-refractivity contribution is 0.108. The van der Waals surface area contributed by atoms with E-state index in [1.807, 2.05) is 0 Å². The number of aliphatic hydroxyl groups excluding tert-OH is 1. The first-order valence-electron chi connectivity index (χ1n) is 12.5. The molecule has 178 valence electrons. The first-order chi connectivity index (χ1) is 16.2. The molecule has 1 fully saturated rings. The minimum absolute atomic E-state index is 0.441. The fourth-order valence-corrected chi connectivity index (χ4v) is 4.75. The van der Waals surface area contributed by atoms with Crippen LogP contribution in [-0.2, 0) is 26.1 Å². The number of guanidine groups is 1. The predicted molar refractivity (Wildman–Crippen MR) is 135 cm³/mol. The summed E-state index contributed by atoms with van der Waals surface area (Å²) in [7, 11) is 0. The van der Waals surface area contributed by atoms with E-state index in [0.717, 1.165) is 38.6 Å². The topological polar surface area (TPSA) is 63.1 Å². The van der Waals surface area contributed by atoms with Gasteiger partial charge in [0.15, 0.2) is 5.96 Å². The van der Waals surface area contributed by atoms with Crippen LogP contribution in [0.15, 0.2) is 53.5 Å². The molecule has 2 aliphatic rings. The smallest absolute Gasteiger partial charge is 0.191 e.